The Morgan fingerprint density at radius 1 is 1.05 bits per heavy atom. The van der Waals surface area contributed by atoms with E-state index in [2.05, 4.69) is 34.5 Å². The second-order valence-corrected chi connectivity index (χ2v) is 10.0. The summed E-state index contributed by atoms with van der Waals surface area (Å²) in [6.45, 7) is 3.44. The fourth-order valence-corrected chi connectivity index (χ4v) is 6.21. The Kier molecular flexibility index (Phi) is 9.04. The number of carbonyl (C=O) groups excluding carboxylic acids is 1. The molecule has 0 spiro atoms. The topological polar surface area (TPSA) is 98.4 Å². The van der Waals surface area contributed by atoms with Crippen LogP contribution in [0.2, 0.25) is 0 Å². The summed E-state index contributed by atoms with van der Waals surface area (Å²) in [4.78, 5) is 14.5. The zero-order chi connectivity index (χ0) is 26.1. The van der Waals surface area contributed by atoms with Gasteiger partial charge in [-0.05, 0) is 87.4 Å². The van der Waals surface area contributed by atoms with E-state index in [-0.39, 0.29) is 17.9 Å². The summed E-state index contributed by atoms with van der Waals surface area (Å²) in [6, 6.07) is 22.3. The Balaban J connectivity index is 1.39. The molecule has 1 saturated heterocycles. The summed E-state index contributed by atoms with van der Waals surface area (Å²) in [5, 5.41) is 22.3. The fraction of sp³-hybridized carbons (Fsp3) is 0.500. The maximum Gasteiger partial charge on any atom is 0.407 e. The molecule has 4 rings (SSSR count). The van der Waals surface area contributed by atoms with Crippen LogP contribution in [-0.4, -0.2) is 50.4 Å². The molecule has 7 heteroatoms. The molecule has 2 aliphatic rings. The highest BCUT2D eigenvalue weighted by atomic mass is 16.6. The molecule has 1 heterocycles. The monoisotopic (exact) mass is 500 g/mol. The minimum Gasteiger partial charge on any atom is -0.494 e. The molecule has 2 aromatic carbocycles. The van der Waals surface area contributed by atoms with Crippen LogP contribution in [0.15, 0.2) is 54.6 Å². The number of ether oxygens (including phenoxy) is 2. The normalized spacial score (nSPS) is 21.8. The third-order valence-corrected chi connectivity index (χ3v) is 8.04. The molecule has 0 radical (unpaired) electrons. The molecule has 0 aromatic heterocycles. The van der Waals surface area contributed by atoms with Crippen LogP contribution < -0.4 is 10.1 Å². The second kappa shape index (κ2) is 12.6. The van der Waals surface area contributed by atoms with Gasteiger partial charge in [-0.25, -0.2) is 4.79 Å². The first kappa shape index (κ1) is 26.5. The molecule has 1 aliphatic heterocycles. The van der Waals surface area contributed by atoms with Crippen LogP contribution >= 0.6 is 0 Å². The number of alkyl carbamates (subject to hydrolysis) is 1. The van der Waals surface area contributed by atoms with Crippen molar-refractivity contribution in [1.29, 1.82) is 10.5 Å². The molecule has 3 atom stereocenters. The van der Waals surface area contributed by atoms with Crippen molar-refractivity contribution in [2.24, 2.45) is 11.8 Å². The number of hydrogen-bond donors (Lipinski definition) is 1. The first-order valence-corrected chi connectivity index (χ1v) is 13.3. The number of rotatable bonds is 9. The summed E-state index contributed by atoms with van der Waals surface area (Å²) in [6.07, 6.45) is 4.75. The zero-order valence-corrected chi connectivity index (χ0v) is 21.6. The van der Waals surface area contributed by atoms with Gasteiger partial charge in [0, 0.05) is 19.5 Å². The van der Waals surface area contributed by atoms with Crippen molar-refractivity contribution in [3.63, 3.8) is 0 Å². The lowest BCUT2D eigenvalue weighted by molar-refractivity contribution is 0.0322. The van der Waals surface area contributed by atoms with E-state index in [9.17, 15) is 10.1 Å². The number of carbonyl (C=O) groups is 1. The van der Waals surface area contributed by atoms with Crippen LogP contribution in [0.25, 0.3) is 0 Å². The van der Waals surface area contributed by atoms with Crippen LogP contribution in [0.5, 0.6) is 5.75 Å². The molecule has 1 aliphatic carbocycles. The number of piperidine rings is 1. The molecular weight excluding hydrogens is 464 g/mol. The van der Waals surface area contributed by atoms with Crippen molar-refractivity contribution in [1.82, 2.24) is 10.2 Å². The largest absolute Gasteiger partial charge is 0.494 e. The molecule has 7 nitrogen and oxygen atoms in total. The molecule has 37 heavy (non-hydrogen) atoms. The van der Waals surface area contributed by atoms with E-state index < -0.39 is 11.5 Å². The average Bonchev–Trinajstić information content (AvgIpc) is 3.41. The van der Waals surface area contributed by atoms with Crippen molar-refractivity contribution >= 4 is 6.09 Å². The smallest absolute Gasteiger partial charge is 0.407 e. The van der Waals surface area contributed by atoms with Gasteiger partial charge in [0.25, 0.3) is 0 Å². The zero-order valence-electron chi connectivity index (χ0n) is 21.6. The van der Waals surface area contributed by atoms with Crippen molar-refractivity contribution in [3.8, 4) is 17.9 Å². The molecular formula is C30H36N4O3. The predicted octanol–water partition coefficient (Wildman–Crippen LogP) is 5.03. The molecule has 1 saturated carbocycles. The maximum absolute atomic E-state index is 12.1. The van der Waals surface area contributed by atoms with Crippen LogP contribution in [0, 0.1) is 34.5 Å². The quantitative estimate of drug-likeness (QED) is 0.485. The van der Waals surface area contributed by atoms with Gasteiger partial charge in [0.15, 0.2) is 0 Å². The second-order valence-electron chi connectivity index (χ2n) is 10.0. The van der Waals surface area contributed by atoms with E-state index in [1.54, 1.807) is 19.2 Å². The Bertz CT molecular complexity index is 1100. The van der Waals surface area contributed by atoms with E-state index in [4.69, 9.17) is 14.7 Å². The van der Waals surface area contributed by atoms with Gasteiger partial charge in [-0.2, -0.15) is 10.5 Å². The van der Waals surface area contributed by atoms with Crippen molar-refractivity contribution in [2.75, 3.05) is 33.3 Å². The Labute approximate surface area is 220 Å². The number of hydrogen-bond acceptors (Lipinski definition) is 6. The van der Waals surface area contributed by atoms with E-state index in [0.29, 0.717) is 12.2 Å². The molecule has 1 amide bonds. The van der Waals surface area contributed by atoms with Gasteiger partial charge >= 0.3 is 6.09 Å². The van der Waals surface area contributed by atoms with Gasteiger partial charge < -0.3 is 19.7 Å². The van der Waals surface area contributed by atoms with Gasteiger partial charge in [-0.1, -0.05) is 30.3 Å². The van der Waals surface area contributed by atoms with Gasteiger partial charge in [-0.3, -0.25) is 0 Å². The molecule has 194 valence electrons. The number of amides is 1. The third kappa shape index (κ3) is 6.06. The predicted molar refractivity (Wildman–Crippen MR) is 141 cm³/mol. The van der Waals surface area contributed by atoms with Crippen LogP contribution in [0.4, 0.5) is 4.79 Å². The Hall–Kier alpha value is -3.55. The number of likely N-dealkylation sites (tertiary alicyclic amines) is 1. The lowest BCUT2D eigenvalue weighted by Gasteiger charge is -2.45. The van der Waals surface area contributed by atoms with Crippen LogP contribution in [0.3, 0.4) is 0 Å². The van der Waals surface area contributed by atoms with Gasteiger partial charge in [-0.15, -0.1) is 0 Å². The average molecular weight is 501 g/mol. The van der Waals surface area contributed by atoms with E-state index in [0.717, 1.165) is 69.5 Å². The number of benzene rings is 2. The minimum absolute atomic E-state index is 0.0189. The number of nitrogens with one attached hydrogen (secondary N) is 1. The summed E-state index contributed by atoms with van der Waals surface area (Å²) >= 11 is 0. The molecule has 2 fully saturated rings. The first-order valence-electron chi connectivity index (χ1n) is 13.3. The van der Waals surface area contributed by atoms with Crippen molar-refractivity contribution < 1.29 is 14.3 Å². The number of nitriles is 2. The summed E-state index contributed by atoms with van der Waals surface area (Å²) in [7, 11) is 1.58. The van der Waals surface area contributed by atoms with Crippen LogP contribution in [-0.2, 0) is 10.2 Å². The van der Waals surface area contributed by atoms with Crippen molar-refractivity contribution in [3.05, 3.63) is 65.7 Å². The number of nitrogens with zero attached hydrogens (tertiary/aromatic N) is 3. The van der Waals surface area contributed by atoms with E-state index >= 15 is 0 Å². The highest BCUT2D eigenvalue weighted by Crippen LogP contribution is 2.50. The molecule has 0 bridgehead atoms. The molecule has 1 N–H and O–H groups in total. The highest BCUT2D eigenvalue weighted by Gasteiger charge is 2.53. The Morgan fingerprint density at radius 2 is 1.78 bits per heavy atom. The highest BCUT2D eigenvalue weighted by molar-refractivity contribution is 5.67. The van der Waals surface area contributed by atoms with Crippen LogP contribution in [0.1, 0.15) is 49.7 Å². The summed E-state index contributed by atoms with van der Waals surface area (Å²) < 4.78 is 11.6. The van der Waals surface area contributed by atoms with Crippen molar-refractivity contribution in [2.45, 2.75) is 50.0 Å². The molecule has 2 aromatic rings. The van der Waals surface area contributed by atoms with Gasteiger partial charge in [0.05, 0.1) is 29.7 Å². The lowest BCUT2D eigenvalue weighted by atomic mass is 9.59. The standard InChI is InChI=1S/C30H36N4O3/c1-33-29(35)37-28-10-5-9-27(28)30(22-32,24-7-3-2-4-8-24)25-15-18-34(19-16-25)17-6-20-36-26-13-11-23(21-31)12-14-26/h2-4,7-8,11-14,25,27-28H,5-6,9-10,15-20H2,1H3,(H,33,35)/t27-,28-,30?/m1/s1. The Morgan fingerprint density at radius 3 is 2.43 bits per heavy atom. The maximum atomic E-state index is 12.1. The fourth-order valence-electron chi connectivity index (χ4n) is 6.21. The molecule has 1 unspecified atom stereocenters. The van der Waals surface area contributed by atoms with E-state index in [1.165, 1.54) is 0 Å². The SMILES string of the molecule is CNC(=O)O[C@@H]1CCC[C@H]1C(C#N)(c1ccccc1)C1CCN(CCCOc2ccc(C#N)cc2)CC1. The minimum atomic E-state index is -0.679. The lowest BCUT2D eigenvalue weighted by Crippen LogP contribution is -2.50. The third-order valence-electron chi connectivity index (χ3n) is 8.04. The van der Waals surface area contributed by atoms with E-state index in [1.807, 2.05) is 30.3 Å². The van der Waals surface area contributed by atoms with Gasteiger partial charge in [0.1, 0.15) is 11.9 Å². The first-order chi connectivity index (χ1) is 18.1. The summed E-state index contributed by atoms with van der Waals surface area (Å²) in [5.74, 6) is 0.962. The summed E-state index contributed by atoms with van der Waals surface area (Å²) in [5.41, 5.74) is 0.994. The van der Waals surface area contributed by atoms with Gasteiger partial charge in [0.2, 0.25) is 0 Å².